The average molecular weight is 620 g/mol. The maximum atomic E-state index is 13.5. The third-order valence-corrected chi connectivity index (χ3v) is 8.84. The smallest absolute Gasteiger partial charge is 0.253 e. The highest BCUT2D eigenvalue weighted by Crippen LogP contribution is 2.22. The van der Waals surface area contributed by atoms with Gasteiger partial charge in [-0.2, -0.15) is 4.31 Å². The van der Waals surface area contributed by atoms with E-state index in [0.717, 1.165) is 21.9 Å². The van der Waals surface area contributed by atoms with Gasteiger partial charge in [0.15, 0.2) is 0 Å². The van der Waals surface area contributed by atoms with Crippen molar-refractivity contribution in [1.29, 1.82) is 0 Å². The van der Waals surface area contributed by atoms with Crippen LogP contribution in [-0.2, 0) is 21.4 Å². The number of rotatable bonds is 8. The Morgan fingerprint density at radius 3 is 2.13 bits per heavy atom. The third kappa shape index (κ3) is 7.21. The van der Waals surface area contributed by atoms with Gasteiger partial charge in [0.25, 0.3) is 5.91 Å². The predicted octanol–water partition coefficient (Wildman–Crippen LogP) is 4.32. The van der Waals surface area contributed by atoms with E-state index in [0.29, 0.717) is 34.9 Å². The number of benzene rings is 3. The van der Waals surface area contributed by atoms with Crippen LogP contribution in [0.25, 0.3) is 0 Å². The third-order valence-electron chi connectivity index (χ3n) is 6.25. The van der Waals surface area contributed by atoms with E-state index in [4.69, 9.17) is 11.6 Å². The highest BCUT2D eigenvalue weighted by molar-refractivity contribution is 9.10. The molecule has 2 amide bonds. The van der Waals surface area contributed by atoms with Crippen molar-refractivity contribution in [2.45, 2.75) is 11.4 Å². The average Bonchev–Trinajstić information content (AvgIpc) is 2.90. The summed E-state index contributed by atoms with van der Waals surface area (Å²) in [5.74, 6) is -0.552. The fourth-order valence-corrected chi connectivity index (χ4v) is 5.80. The van der Waals surface area contributed by atoms with Crippen LogP contribution in [0.5, 0.6) is 0 Å². The van der Waals surface area contributed by atoms with Gasteiger partial charge in [-0.15, -0.1) is 0 Å². The van der Waals surface area contributed by atoms with Gasteiger partial charge < -0.3 is 15.1 Å². The van der Waals surface area contributed by atoms with E-state index in [1.165, 1.54) is 12.1 Å². The molecule has 0 spiro atoms. The van der Waals surface area contributed by atoms with Gasteiger partial charge >= 0.3 is 0 Å². The molecular weight excluding hydrogens is 592 g/mol. The van der Waals surface area contributed by atoms with E-state index < -0.39 is 22.5 Å². The molecule has 0 saturated carbocycles. The number of likely N-dealkylation sites (N-methyl/N-ethyl adjacent to an activating group) is 1. The molecule has 1 heterocycles. The molecule has 0 aromatic heterocycles. The van der Waals surface area contributed by atoms with Crippen LogP contribution in [0.15, 0.2) is 82.2 Å². The zero-order chi connectivity index (χ0) is 27.3. The van der Waals surface area contributed by atoms with E-state index in [2.05, 4.69) is 26.1 Å². The largest absolute Gasteiger partial charge is 0.336 e. The maximum absolute atomic E-state index is 13.5. The molecule has 0 aliphatic carbocycles. The summed E-state index contributed by atoms with van der Waals surface area (Å²) in [4.78, 5) is 29.8. The molecule has 0 bridgehead atoms. The van der Waals surface area contributed by atoms with Crippen LogP contribution in [0, 0.1) is 0 Å². The van der Waals surface area contributed by atoms with Crippen LogP contribution >= 0.6 is 27.5 Å². The Morgan fingerprint density at radius 2 is 1.53 bits per heavy atom. The molecule has 1 aliphatic heterocycles. The van der Waals surface area contributed by atoms with E-state index >= 15 is 0 Å². The minimum atomic E-state index is -3.98. The Balaban J connectivity index is 1.47. The molecule has 3 aromatic rings. The van der Waals surface area contributed by atoms with Crippen LogP contribution in [0.2, 0.25) is 5.02 Å². The molecule has 8 nitrogen and oxygen atoms in total. The van der Waals surface area contributed by atoms with Gasteiger partial charge in [0.05, 0.1) is 11.4 Å². The Morgan fingerprint density at radius 1 is 0.921 bits per heavy atom. The Labute approximate surface area is 236 Å². The Hall–Kier alpha value is -2.76. The van der Waals surface area contributed by atoms with Gasteiger partial charge in [-0.3, -0.25) is 9.59 Å². The summed E-state index contributed by atoms with van der Waals surface area (Å²) in [6.07, 6.45) is 0. The first-order valence-electron chi connectivity index (χ1n) is 12.0. The Kier molecular flexibility index (Phi) is 9.22. The molecule has 4 rings (SSSR count). The molecule has 1 fully saturated rings. The molecular formula is C27H28BrClN4O4S. The number of sulfonamides is 1. The molecule has 1 aliphatic rings. The number of nitrogens with zero attached hydrogens (tertiary/aromatic N) is 3. The number of nitrogens with one attached hydrogen (secondary N) is 1. The number of anilines is 1. The molecule has 3 aromatic carbocycles. The highest BCUT2D eigenvalue weighted by Gasteiger charge is 2.27. The van der Waals surface area contributed by atoms with Gasteiger partial charge in [0, 0.05) is 53.5 Å². The lowest BCUT2D eigenvalue weighted by molar-refractivity contribution is -0.116. The SMILES string of the molecule is CN1CCN(C(=O)c2ccc(NC(=O)CN(Cc3ccc(Cl)cc3)S(=O)(=O)c3ccc(Br)cc3)cc2)CC1. The molecule has 0 unspecified atom stereocenters. The van der Waals surface area contributed by atoms with E-state index in [-0.39, 0.29) is 17.3 Å². The Bertz CT molecular complexity index is 1380. The lowest BCUT2D eigenvalue weighted by Gasteiger charge is -2.32. The van der Waals surface area contributed by atoms with Crippen LogP contribution in [0.3, 0.4) is 0 Å². The van der Waals surface area contributed by atoms with Crippen molar-refractivity contribution in [2.75, 3.05) is 45.1 Å². The number of carbonyl (C=O) groups excluding carboxylic acids is 2. The lowest BCUT2D eigenvalue weighted by Crippen LogP contribution is -2.47. The van der Waals surface area contributed by atoms with Crippen LogP contribution < -0.4 is 5.32 Å². The van der Waals surface area contributed by atoms with E-state index in [1.54, 1.807) is 60.7 Å². The van der Waals surface area contributed by atoms with Crippen LogP contribution in [0.4, 0.5) is 5.69 Å². The number of hydrogen-bond acceptors (Lipinski definition) is 5. The van der Waals surface area contributed by atoms with Crippen LogP contribution in [-0.4, -0.2) is 74.1 Å². The van der Waals surface area contributed by atoms with Crippen molar-refractivity contribution >= 4 is 55.1 Å². The van der Waals surface area contributed by atoms with E-state index in [9.17, 15) is 18.0 Å². The molecule has 1 N–H and O–H groups in total. The monoisotopic (exact) mass is 618 g/mol. The molecule has 1 saturated heterocycles. The number of carbonyl (C=O) groups is 2. The van der Waals surface area contributed by atoms with Crippen molar-refractivity contribution < 1.29 is 18.0 Å². The number of piperazine rings is 1. The molecule has 38 heavy (non-hydrogen) atoms. The van der Waals surface area contributed by atoms with Gasteiger partial charge in [-0.25, -0.2) is 8.42 Å². The summed E-state index contributed by atoms with van der Waals surface area (Å²) in [5.41, 5.74) is 1.70. The standard InChI is InChI=1S/C27H28BrClN4O4S/c1-31-14-16-32(17-15-31)27(35)21-4-10-24(11-5-21)30-26(34)19-33(18-20-2-8-23(29)9-3-20)38(36,37)25-12-6-22(28)7-13-25/h2-13H,14-19H2,1H3,(H,30,34). The normalized spacial score (nSPS) is 14.5. The zero-order valence-electron chi connectivity index (χ0n) is 20.8. The predicted molar refractivity (Wildman–Crippen MR) is 152 cm³/mol. The minimum Gasteiger partial charge on any atom is -0.336 e. The minimum absolute atomic E-state index is 0.0125. The summed E-state index contributed by atoms with van der Waals surface area (Å²) in [7, 11) is -1.95. The molecule has 0 radical (unpaired) electrons. The van der Waals surface area contributed by atoms with Gasteiger partial charge in [0.1, 0.15) is 0 Å². The van der Waals surface area contributed by atoms with Gasteiger partial charge in [-0.05, 0) is 73.3 Å². The quantitative estimate of drug-likeness (QED) is 0.406. The second-order valence-corrected chi connectivity index (χ2v) is 12.4. The van der Waals surface area contributed by atoms with Crippen LogP contribution in [0.1, 0.15) is 15.9 Å². The molecule has 11 heteroatoms. The topological polar surface area (TPSA) is 90.0 Å². The first-order chi connectivity index (χ1) is 18.1. The first-order valence-corrected chi connectivity index (χ1v) is 14.6. The number of hydrogen-bond donors (Lipinski definition) is 1. The fourth-order valence-electron chi connectivity index (χ4n) is 4.02. The van der Waals surface area contributed by atoms with Crippen molar-refractivity contribution in [3.63, 3.8) is 0 Å². The fraction of sp³-hybridized carbons (Fsp3) is 0.259. The zero-order valence-corrected chi connectivity index (χ0v) is 24.0. The van der Waals surface area contributed by atoms with Crippen molar-refractivity contribution in [3.05, 3.63) is 93.4 Å². The molecule has 0 atom stereocenters. The second kappa shape index (κ2) is 12.4. The lowest BCUT2D eigenvalue weighted by atomic mass is 10.1. The molecule has 200 valence electrons. The summed E-state index contributed by atoms with van der Waals surface area (Å²) in [6.45, 7) is 2.59. The summed E-state index contributed by atoms with van der Waals surface area (Å²) in [6, 6.07) is 19.7. The van der Waals surface area contributed by atoms with E-state index in [1.807, 2.05) is 11.9 Å². The summed E-state index contributed by atoms with van der Waals surface area (Å²) in [5, 5.41) is 3.28. The number of halogens is 2. The number of amides is 2. The van der Waals surface area contributed by atoms with Crippen molar-refractivity contribution in [1.82, 2.24) is 14.1 Å². The summed E-state index contributed by atoms with van der Waals surface area (Å²) < 4.78 is 28.8. The maximum Gasteiger partial charge on any atom is 0.253 e. The first kappa shape index (κ1) is 28.3. The highest BCUT2D eigenvalue weighted by atomic mass is 79.9. The van der Waals surface area contributed by atoms with Crippen molar-refractivity contribution in [3.8, 4) is 0 Å². The second-order valence-electron chi connectivity index (χ2n) is 9.07. The van der Waals surface area contributed by atoms with Gasteiger partial charge in [0.2, 0.25) is 15.9 Å². The summed E-state index contributed by atoms with van der Waals surface area (Å²) >= 11 is 9.29. The van der Waals surface area contributed by atoms with Gasteiger partial charge in [-0.1, -0.05) is 39.7 Å². The van der Waals surface area contributed by atoms with Crippen molar-refractivity contribution in [2.24, 2.45) is 0 Å².